The largest absolute Gasteiger partial charge is 0.496 e. The summed E-state index contributed by atoms with van der Waals surface area (Å²) in [5.74, 6) is -0.545. The van der Waals surface area contributed by atoms with Gasteiger partial charge >= 0.3 is 0 Å². The van der Waals surface area contributed by atoms with Crippen molar-refractivity contribution < 1.29 is 13.9 Å². The van der Waals surface area contributed by atoms with Crippen molar-refractivity contribution in [1.29, 1.82) is 0 Å². The molecule has 3 nitrogen and oxygen atoms in total. The SMILES string of the molecule is COc1ccc(Cl)cc1C(=O)Nc1ccc(F)cc1Cl. The lowest BCUT2D eigenvalue weighted by molar-refractivity contribution is 0.102. The van der Waals surface area contributed by atoms with E-state index in [1.165, 1.54) is 25.3 Å². The van der Waals surface area contributed by atoms with Crippen molar-refractivity contribution in [2.75, 3.05) is 12.4 Å². The molecule has 2 aromatic rings. The number of rotatable bonds is 3. The van der Waals surface area contributed by atoms with E-state index in [0.29, 0.717) is 16.5 Å². The van der Waals surface area contributed by atoms with Crippen LogP contribution >= 0.6 is 23.2 Å². The Labute approximate surface area is 125 Å². The van der Waals surface area contributed by atoms with Crippen LogP contribution in [0.15, 0.2) is 36.4 Å². The number of carbonyl (C=O) groups excluding carboxylic acids is 1. The van der Waals surface area contributed by atoms with Crippen LogP contribution in [0.25, 0.3) is 0 Å². The molecule has 0 saturated heterocycles. The number of hydrogen-bond donors (Lipinski definition) is 1. The molecular weight excluding hydrogens is 304 g/mol. The van der Waals surface area contributed by atoms with Crippen LogP contribution in [-0.2, 0) is 0 Å². The van der Waals surface area contributed by atoms with Gasteiger partial charge in [-0.1, -0.05) is 23.2 Å². The molecule has 0 aliphatic rings. The van der Waals surface area contributed by atoms with Gasteiger partial charge in [-0.3, -0.25) is 4.79 Å². The molecule has 20 heavy (non-hydrogen) atoms. The third kappa shape index (κ3) is 3.21. The number of amides is 1. The summed E-state index contributed by atoms with van der Waals surface area (Å²) in [5.41, 5.74) is 0.570. The molecule has 0 aliphatic heterocycles. The Balaban J connectivity index is 2.30. The summed E-state index contributed by atoms with van der Waals surface area (Å²) in [7, 11) is 1.45. The van der Waals surface area contributed by atoms with Crippen molar-refractivity contribution >= 4 is 34.8 Å². The average molecular weight is 314 g/mol. The maximum Gasteiger partial charge on any atom is 0.259 e. The lowest BCUT2D eigenvalue weighted by Crippen LogP contribution is -2.13. The minimum atomic E-state index is -0.478. The van der Waals surface area contributed by atoms with Gasteiger partial charge in [0.1, 0.15) is 11.6 Å². The third-order valence-electron chi connectivity index (χ3n) is 2.59. The van der Waals surface area contributed by atoms with Gasteiger partial charge < -0.3 is 10.1 Å². The number of ether oxygens (including phenoxy) is 1. The zero-order valence-electron chi connectivity index (χ0n) is 10.4. The lowest BCUT2D eigenvalue weighted by Gasteiger charge is -2.10. The van der Waals surface area contributed by atoms with Crippen molar-refractivity contribution in [3.63, 3.8) is 0 Å². The minimum Gasteiger partial charge on any atom is -0.496 e. The van der Waals surface area contributed by atoms with Gasteiger partial charge in [0.2, 0.25) is 0 Å². The Morgan fingerprint density at radius 2 is 1.95 bits per heavy atom. The zero-order valence-corrected chi connectivity index (χ0v) is 11.9. The van der Waals surface area contributed by atoms with Gasteiger partial charge in [0.05, 0.1) is 23.4 Å². The van der Waals surface area contributed by atoms with Gasteiger partial charge in [-0.05, 0) is 36.4 Å². The van der Waals surface area contributed by atoms with Gasteiger partial charge in [-0.25, -0.2) is 4.39 Å². The maximum absolute atomic E-state index is 12.9. The van der Waals surface area contributed by atoms with Crippen LogP contribution in [0.1, 0.15) is 10.4 Å². The van der Waals surface area contributed by atoms with Crippen molar-refractivity contribution in [3.05, 3.63) is 57.8 Å². The van der Waals surface area contributed by atoms with Crippen LogP contribution in [0.4, 0.5) is 10.1 Å². The summed E-state index contributed by atoms with van der Waals surface area (Å²) in [4.78, 5) is 12.2. The molecule has 0 aromatic heterocycles. The highest BCUT2D eigenvalue weighted by Gasteiger charge is 2.14. The molecule has 1 amide bonds. The van der Waals surface area contributed by atoms with Gasteiger partial charge in [-0.15, -0.1) is 0 Å². The van der Waals surface area contributed by atoms with E-state index in [9.17, 15) is 9.18 Å². The van der Waals surface area contributed by atoms with E-state index in [1.807, 2.05) is 0 Å². The molecule has 104 valence electrons. The molecule has 0 unspecified atom stereocenters. The fourth-order valence-corrected chi connectivity index (χ4v) is 2.02. The van der Waals surface area contributed by atoms with Gasteiger partial charge in [-0.2, -0.15) is 0 Å². The molecule has 0 fully saturated rings. The van der Waals surface area contributed by atoms with Gasteiger partial charge in [0, 0.05) is 5.02 Å². The summed E-state index contributed by atoms with van der Waals surface area (Å²) in [6.45, 7) is 0. The molecule has 0 radical (unpaired) electrons. The third-order valence-corrected chi connectivity index (χ3v) is 3.13. The highest BCUT2D eigenvalue weighted by atomic mass is 35.5. The quantitative estimate of drug-likeness (QED) is 0.912. The van der Waals surface area contributed by atoms with E-state index < -0.39 is 11.7 Å². The van der Waals surface area contributed by atoms with E-state index in [4.69, 9.17) is 27.9 Å². The van der Waals surface area contributed by atoms with Gasteiger partial charge in [0.15, 0.2) is 0 Å². The van der Waals surface area contributed by atoms with Crippen LogP contribution in [-0.4, -0.2) is 13.0 Å². The summed E-state index contributed by atoms with van der Waals surface area (Å²) < 4.78 is 18.0. The summed E-state index contributed by atoms with van der Waals surface area (Å²) in [6, 6.07) is 8.38. The first kappa shape index (κ1) is 14.6. The summed E-state index contributed by atoms with van der Waals surface area (Å²) in [5, 5.41) is 3.09. The normalized spacial score (nSPS) is 10.2. The molecule has 0 aliphatic carbocycles. The number of anilines is 1. The number of nitrogens with one attached hydrogen (secondary N) is 1. The Kier molecular flexibility index (Phi) is 4.47. The second-order valence-corrected chi connectivity index (χ2v) is 4.77. The molecule has 0 bridgehead atoms. The van der Waals surface area contributed by atoms with E-state index in [-0.39, 0.29) is 10.6 Å². The number of carbonyl (C=O) groups is 1. The Bertz CT molecular complexity index is 662. The van der Waals surface area contributed by atoms with Crippen LogP contribution < -0.4 is 10.1 Å². The van der Waals surface area contributed by atoms with Gasteiger partial charge in [0.25, 0.3) is 5.91 Å². The first-order chi connectivity index (χ1) is 9.51. The highest BCUT2D eigenvalue weighted by Crippen LogP contribution is 2.26. The molecule has 1 N–H and O–H groups in total. The minimum absolute atomic E-state index is 0.111. The molecule has 0 heterocycles. The molecule has 0 spiro atoms. The molecule has 6 heteroatoms. The second-order valence-electron chi connectivity index (χ2n) is 3.92. The summed E-state index contributed by atoms with van der Waals surface area (Å²) >= 11 is 11.7. The molecular formula is C14H10Cl2FNO2. The topological polar surface area (TPSA) is 38.3 Å². The average Bonchev–Trinajstić information content (AvgIpc) is 2.41. The molecule has 0 saturated carbocycles. The molecule has 2 rings (SSSR count). The maximum atomic E-state index is 12.9. The first-order valence-corrected chi connectivity index (χ1v) is 6.37. The second kappa shape index (κ2) is 6.11. The Hall–Kier alpha value is -1.78. The molecule has 0 atom stereocenters. The van der Waals surface area contributed by atoms with Crippen molar-refractivity contribution in [2.24, 2.45) is 0 Å². The first-order valence-electron chi connectivity index (χ1n) is 5.61. The smallest absolute Gasteiger partial charge is 0.259 e. The number of methoxy groups -OCH3 is 1. The van der Waals surface area contributed by atoms with Crippen LogP contribution in [0.3, 0.4) is 0 Å². The van der Waals surface area contributed by atoms with Crippen molar-refractivity contribution in [3.8, 4) is 5.75 Å². The monoisotopic (exact) mass is 313 g/mol. The fourth-order valence-electron chi connectivity index (χ4n) is 1.64. The van der Waals surface area contributed by atoms with Crippen molar-refractivity contribution in [2.45, 2.75) is 0 Å². The van der Waals surface area contributed by atoms with E-state index in [2.05, 4.69) is 5.32 Å². The number of hydrogen-bond acceptors (Lipinski definition) is 2. The standard InChI is InChI=1S/C14H10Cl2FNO2/c1-20-13-5-2-8(15)6-10(13)14(19)18-12-4-3-9(17)7-11(12)16/h2-7H,1H3,(H,18,19). The van der Waals surface area contributed by atoms with Crippen molar-refractivity contribution in [1.82, 2.24) is 0 Å². The fraction of sp³-hybridized carbons (Fsp3) is 0.0714. The van der Waals surface area contributed by atoms with Crippen LogP contribution in [0, 0.1) is 5.82 Å². The number of halogens is 3. The summed E-state index contributed by atoms with van der Waals surface area (Å²) in [6.07, 6.45) is 0. The van der Waals surface area contributed by atoms with E-state index in [0.717, 1.165) is 6.07 Å². The highest BCUT2D eigenvalue weighted by molar-refractivity contribution is 6.34. The Morgan fingerprint density at radius 1 is 1.20 bits per heavy atom. The van der Waals surface area contributed by atoms with Crippen LogP contribution in [0.5, 0.6) is 5.75 Å². The van der Waals surface area contributed by atoms with E-state index >= 15 is 0 Å². The van der Waals surface area contributed by atoms with E-state index in [1.54, 1.807) is 12.1 Å². The molecule has 2 aromatic carbocycles. The Morgan fingerprint density at radius 3 is 2.60 bits per heavy atom. The predicted molar refractivity (Wildman–Crippen MR) is 77.4 cm³/mol. The lowest BCUT2D eigenvalue weighted by atomic mass is 10.2. The predicted octanol–water partition coefficient (Wildman–Crippen LogP) is 4.39. The zero-order chi connectivity index (χ0) is 14.7. The number of benzene rings is 2. The van der Waals surface area contributed by atoms with Crippen LogP contribution in [0.2, 0.25) is 10.0 Å².